The van der Waals surface area contributed by atoms with Crippen LogP contribution in [-0.2, 0) is 4.79 Å². The Balaban J connectivity index is 2.55. The summed E-state index contributed by atoms with van der Waals surface area (Å²) in [6, 6.07) is 5.42. The van der Waals surface area contributed by atoms with Crippen LogP contribution < -0.4 is 19.5 Å². The summed E-state index contributed by atoms with van der Waals surface area (Å²) in [6.07, 6.45) is 0.913. The largest absolute Gasteiger partial charge is 0.493 e. The Bertz CT molecular complexity index is 453. The summed E-state index contributed by atoms with van der Waals surface area (Å²) in [5, 5.41) is 2.81. The number of nitrogens with one attached hydrogen (secondary N) is 1. The summed E-state index contributed by atoms with van der Waals surface area (Å²) in [5.41, 5.74) is 0. The Hall–Kier alpha value is -1.62. The molecule has 0 spiro atoms. The molecule has 0 heterocycles. The number of amides is 1. The first kappa shape index (κ1) is 17.4. The van der Waals surface area contributed by atoms with Crippen molar-refractivity contribution in [2.45, 2.75) is 25.9 Å². The van der Waals surface area contributed by atoms with Gasteiger partial charge in [-0.1, -0.05) is 6.07 Å². The predicted molar refractivity (Wildman–Crippen MR) is 82.6 cm³/mol. The summed E-state index contributed by atoms with van der Waals surface area (Å²) < 4.78 is 16.3. The molecule has 1 unspecified atom stereocenters. The molecule has 1 aromatic carbocycles. The summed E-state index contributed by atoms with van der Waals surface area (Å²) in [7, 11) is 3.13. The lowest BCUT2D eigenvalue weighted by atomic mass is 10.2. The second-order valence-electron chi connectivity index (χ2n) is 4.52. The number of rotatable bonds is 9. The Kier molecular flexibility index (Phi) is 7.75. The van der Waals surface area contributed by atoms with E-state index in [0.29, 0.717) is 42.5 Å². The van der Waals surface area contributed by atoms with E-state index in [1.165, 1.54) is 0 Å². The molecule has 0 fully saturated rings. The van der Waals surface area contributed by atoms with Crippen LogP contribution in [0.3, 0.4) is 0 Å². The first-order valence-corrected chi connectivity index (χ1v) is 7.36. The van der Waals surface area contributed by atoms with E-state index in [-0.39, 0.29) is 12.0 Å². The molecule has 5 nitrogen and oxygen atoms in total. The van der Waals surface area contributed by atoms with Gasteiger partial charge in [-0.15, -0.1) is 11.6 Å². The summed E-state index contributed by atoms with van der Waals surface area (Å²) in [5.74, 6) is 2.19. The molecule has 0 aliphatic heterocycles. The van der Waals surface area contributed by atoms with Crippen molar-refractivity contribution in [2.24, 2.45) is 0 Å². The molecule has 1 rings (SSSR count). The van der Waals surface area contributed by atoms with E-state index in [1.807, 2.05) is 13.0 Å². The Labute approximate surface area is 130 Å². The fourth-order valence-corrected chi connectivity index (χ4v) is 1.92. The Morgan fingerprint density at radius 2 is 2.00 bits per heavy atom. The van der Waals surface area contributed by atoms with E-state index in [2.05, 4.69) is 5.32 Å². The molecule has 0 aromatic heterocycles. The van der Waals surface area contributed by atoms with Gasteiger partial charge in [-0.2, -0.15) is 0 Å². The van der Waals surface area contributed by atoms with Crippen LogP contribution in [0.2, 0.25) is 0 Å². The van der Waals surface area contributed by atoms with Gasteiger partial charge in [0, 0.05) is 12.3 Å². The van der Waals surface area contributed by atoms with Crippen LogP contribution >= 0.6 is 11.6 Å². The number of methoxy groups -OCH3 is 2. The van der Waals surface area contributed by atoms with E-state index >= 15 is 0 Å². The van der Waals surface area contributed by atoms with Gasteiger partial charge in [0.15, 0.2) is 11.5 Å². The van der Waals surface area contributed by atoms with E-state index in [9.17, 15) is 4.79 Å². The van der Waals surface area contributed by atoms with Gasteiger partial charge in [0.05, 0.1) is 20.8 Å². The average Bonchev–Trinajstić information content (AvgIpc) is 2.50. The van der Waals surface area contributed by atoms with Crippen LogP contribution in [0, 0.1) is 0 Å². The normalized spacial score (nSPS) is 11.6. The average molecular weight is 316 g/mol. The topological polar surface area (TPSA) is 56.8 Å². The van der Waals surface area contributed by atoms with E-state index in [1.54, 1.807) is 26.4 Å². The highest BCUT2D eigenvalue weighted by atomic mass is 35.5. The number of carbonyl (C=O) groups excluding carboxylic acids is 1. The number of hydrogen-bond acceptors (Lipinski definition) is 4. The molecule has 21 heavy (non-hydrogen) atoms. The van der Waals surface area contributed by atoms with Crippen molar-refractivity contribution >= 4 is 17.5 Å². The summed E-state index contributed by atoms with van der Waals surface area (Å²) >= 11 is 5.55. The minimum atomic E-state index is -0.189. The smallest absolute Gasteiger partial charge is 0.220 e. The number of alkyl halides is 1. The van der Waals surface area contributed by atoms with Crippen molar-refractivity contribution in [3.8, 4) is 17.2 Å². The molecule has 6 heteroatoms. The third kappa shape index (κ3) is 5.71. The van der Waals surface area contributed by atoms with E-state index in [0.717, 1.165) is 0 Å². The molecular weight excluding hydrogens is 294 g/mol. The lowest BCUT2D eigenvalue weighted by Crippen LogP contribution is -2.33. The van der Waals surface area contributed by atoms with Crippen LogP contribution in [0.25, 0.3) is 0 Å². The van der Waals surface area contributed by atoms with Gasteiger partial charge in [-0.25, -0.2) is 0 Å². The standard InChI is InChI=1S/C15H22ClNO4/c1-11(10-17-14(18)8-5-9-16)21-13-7-4-6-12(19-2)15(13)20-3/h4,6-7,11H,5,8-10H2,1-3H3,(H,17,18). The van der Waals surface area contributed by atoms with Crippen molar-refractivity contribution in [1.82, 2.24) is 5.32 Å². The molecule has 0 bridgehead atoms. The van der Waals surface area contributed by atoms with Gasteiger partial charge in [-0.05, 0) is 25.5 Å². The van der Waals surface area contributed by atoms with Gasteiger partial charge in [0.25, 0.3) is 0 Å². The lowest BCUT2D eigenvalue weighted by molar-refractivity contribution is -0.121. The maximum atomic E-state index is 11.5. The highest BCUT2D eigenvalue weighted by Gasteiger charge is 2.14. The highest BCUT2D eigenvalue weighted by Crippen LogP contribution is 2.36. The number of benzene rings is 1. The summed E-state index contributed by atoms with van der Waals surface area (Å²) in [6.45, 7) is 2.29. The monoisotopic (exact) mass is 315 g/mol. The molecule has 0 aliphatic carbocycles. The number of carbonyl (C=O) groups is 1. The molecule has 118 valence electrons. The number of halogens is 1. The Morgan fingerprint density at radius 1 is 1.29 bits per heavy atom. The lowest BCUT2D eigenvalue weighted by Gasteiger charge is -2.18. The number of ether oxygens (including phenoxy) is 3. The minimum absolute atomic E-state index is 0.0243. The first-order chi connectivity index (χ1) is 10.1. The zero-order chi connectivity index (χ0) is 15.7. The van der Waals surface area contributed by atoms with Crippen molar-refractivity contribution in [1.29, 1.82) is 0 Å². The van der Waals surface area contributed by atoms with Crippen molar-refractivity contribution in [3.63, 3.8) is 0 Å². The third-order valence-electron chi connectivity index (χ3n) is 2.82. The van der Waals surface area contributed by atoms with Crippen LogP contribution in [0.4, 0.5) is 0 Å². The number of para-hydroxylation sites is 1. The van der Waals surface area contributed by atoms with Crippen LogP contribution in [0.5, 0.6) is 17.2 Å². The molecule has 1 amide bonds. The molecule has 0 saturated carbocycles. The molecule has 0 radical (unpaired) electrons. The van der Waals surface area contributed by atoms with Crippen LogP contribution in [0.15, 0.2) is 18.2 Å². The summed E-state index contributed by atoms with van der Waals surface area (Å²) in [4.78, 5) is 11.5. The van der Waals surface area contributed by atoms with Gasteiger partial charge < -0.3 is 19.5 Å². The van der Waals surface area contributed by atoms with Gasteiger partial charge in [0.2, 0.25) is 11.7 Å². The van der Waals surface area contributed by atoms with E-state index < -0.39 is 0 Å². The minimum Gasteiger partial charge on any atom is -0.493 e. The SMILES string of the molecule is COc1cccc(OC(C)CNC(=O)CCCCl)c1OC. The van der Waals surface area contributed by atoms with Gasteiger partial charge >= 0.3 is 0 Å². The predicted octanol–water partition coefficient (Wildman–Crippen LogP) is 2.61. The fraction of sp³-hybridized carbons (Fsp3) is 0.533. The zero-order valence-electron chi connectivity index (χ0n) is 12.6. The molecule has 0 aliphatic rings. The molecule has 1 aromatic rings. The second kappa shape index (κ2) is 9.34. The van der Waals surface area contributed by atoms with Crippen molar-refractivity contribution in [2.75, 3.05) is 26.6 Å². The fourth-order valence-electron chi connectivity index (χ4n) is 1.78. The third-order valence-corrected chi connectivity index (χ3v) is 3.09. The van der Waals surface area contributed by atoms with Crippen molar-refractivity contribution < 1.29 is 19.0 Å². The van der Waals surface area contributed by atoms with Crippen molar-refractivity contribution in [3.05, 3.63) is 18.2 Å². The number of hydrogen-bond donors (Lipinski definition) is 1. The highest BCUT2D eigenvalue weighted by molar-refractivity contribution is 6.17. The maximum Gasteiger partial charge on any atom is 0.220 e. The molecule has 0 saturated heterocycles. The molecular formula is C15H22ClNO4. The second-order valence-corrected chi connectivity index (χ2v) is 4.89. The van der Waals surface area contributed by atoms with E-state index in [4.69, 9.17) is 25.8 Å². The van der Waals surface area contributed by atoms with Crippen LogP contribution in [-0.4, -0.2) is 38.7 Å². The first-order valence-electron chi connectivity index (χ1n) is 6.82. The zero-order valence-corrected chi connectivity index (χ0v) is 13.4. The molecule has 1 atom stereocenters. The van der Waals surface area contributed by atoms with Gasteiger partial charge in [0.1, 0.15) is 6.10 Å². The quantitative estimate of drug-likeness (QED) is 0.712. The Morgan fingerprint density at radius 3 is 2.62 bits per heavy atom. The molecule has 1 N–H and O–H groups in total. The van der Waals surface area contributed by atoms with Gasteiger partial charge in [-0.3, -0.25) is 4.79 Å². The van der Waals surface area contributed by atoms with Crippen LogP contribution in [0.1, 0.15) is 19.8 Å². The maximum absolute atomic E-state index is 11.5.